The summed E-state index contributed by atoms with van der Waals surface area (Å²) in [7, 11) is 1.88. The Bertz CT molecular complexity index is 1300. The first kappa shape index (κ1) is 27.9. The lowest BCUT2D eigenvalue weighted by Gasteiger charge is -2.42. The van der Waals surface area contributed by atoms with Crippen molar-refractivity contribution in [2.24, 2.45) is 5.92 Å². The topological polar surface area (TPSA) is 81.7 Å². The molecule has 0 amide bonds. The normalized spacial score (nSPS) is 18.6. The Morgan fingerprint density at radius 3 is 2.82 bits per heavy atom. The second-order valence-corrected chi connectivity index (χ2v) is 10.2. The van der Waals surface area contributed by atoms with Gasteiger partial charge in [-0.1, -0.05) is 6.92 Å². The third-order valence-electron chi connectivity index (χ3n) is 7.41. The molecule has 1 aliphatic rings. The molecule has 0 saturated heterocycles. The van der Waals surface area contributed by atoms with E-state index in [-0.39, 0.29) is 31.0 Å². The number of H-pyrrole nitrogens is 1. The molecule has 206 valence electrons. The van der Waals surface area contributed by atoms with Crippen LogP contribution in [0.1, 0.15) is 48.7 Å². The zero-order valence-electron chi connectivity index (χ0n) is 22.2. The summed E-state index contributed by atoms with van der Waals surface area (Å²) in [6, 6.07) is 3.73. The smallest absolute Gasteiger partial charge is 0.307 e. The van der Waals surface area contributed by atoms with Crippen molar-refractivity contribution in [1.82, 2.24) is 19.8 Å². The molecule has 0 spiro atoms. The number of aromatic nitrogens is 2. The van der Waals surface area contributed by atoms with Crippen molar-refractivity contribution in [3.05, 3.63) is 58.4 Å². The Balaban J connectivity index is 1.76. The van der Waals surface area contributed by atoms with Gasteiger partial charge in [-0.2, -0.15) is 0 Å². The number of likely N-dealkylation sites (N-methyl/N-ethyl adjacent to an activating group) is 1. The van der Waals surface area contributed by atoms with Crippen molar-refractivity contribution in [1.29, 1.82) is 0 Å². The van der Waals surface area contributed by atoms with Gasteiger partial charge in [-0.15, -0.1) is 0 Å². The number of nitrogens with zero attached hydrogens (tertiary/aromatic N) is 3. The van der Waals surface area contributed by atoms with E-state index in [9.17, 15) is 18.7 Å². The summed E-state index contributed by atoms with van der Waals surface area (Å²) in [6.45, 7) is 6.60. The van der Waals surface area contributed by atoms with Crippen LogP contribution in [0.4, 0.5) is 13.2 Å². The molecule has 0 aliphatic carbocycles. The molecule has 3 aromatic rings. The maximum atomic E-state index is 15.6. The Kier molecular flexibility index (Phi) is 8.62. The molecule has 38 heavy (non-hydrogen) atoms. The predicted molar refractivity (Wildman–Crippen MR) is 139 cm³/mol. The summed E-state index contributed by atoms with van der Waals surface area (Å²) in [4.78, 5) is 23.3. The lowest BCUT2D eigenvalue weighted by Crippen LogP contribution is -2.46. The first-order valence-electron chi connectivity index (χ1n) is 12.9. The van der Waals surface area contributed by atoms with E-state index in [4.69, 9.17) is 4.74 Å². The molecule has 3 atom stereocenters. The summed E-state index contributed by atoms with van der Waals surface area (Å²) in [6.07, 6.45) is 2.13. The molecule has 3 heterocycles. The van der Waals surface area contributed by atoms with Gasteiger partial charge in [0.1, 0.15) is 18.2 Å². The molecule has 0 saturated carbocycles. The number of alkyl halides is 1. The molecule has 2 aromatic heterocycles. The number of carboxylic acid groups (broad SMARTS) is 1. The number of pyridine rings is 1. The molecular formula is C28H35F3N4O3. The monoisotopic (exact) mass is 532 g/mol. The van der Waals surface area contributed by atoms with Crippen molar-refractivity contribution in [3.8, 4) is 5.88 Å². The highest BCUT2D eigenvalue weighted by Gasteiger charge is 2.39. The number of hydrogen-bond acceptors (Lipinski definition) is 5. The first-order chi connectivity index (χ1) is 18.1. The molecule has 0 radical (unpaired) electrons. The third-order valence-corrected chi connectivity index (χ3v) is 7.41. The molecule has 1 aromatic carbocycles. The van der Waals surface area contributed by atoms with E-state index in [0.717, 1.165) is 22.7 Å². The summed E-state index contributed by atoms with van der Waals surface area (Å²) in [5.74, 6) is -2.23. The number of fused-ring (bicyclic) bond motifs is 3. The number of hydrogen-bond donors (Lipinski definition) is 2. The number of aromatic amines is 1. The lowest BCUT2D eigenvalue weighted by atomic mass is 9.86. The Hall–Kier alpha value is -3.11. The maximum absolute atomic E-state index is 15.6. The van der Waals surface area contributed by atoms with E-state index in [1.165, 1.54) is 12.1 Å². The minimum atomic E-state index is -0.937. The van der Waals surface area contributed by atoms with E-state index in [2.05, 4.69) is 9.97 Å². The zero-order chi connectivity index (χ0) is 27.6. The van der Waals surface area contributed by atoms with Crippen LogP contribution in [-0.2, 0) is 11.2 Å². The van der Waals surface area contributed by atoms with Gasteiger partial charge in [-0.25, -0.2) is 13.8 Å². The fourth-order valence-corrected chi connectivity index (χ4v) is 5.31. The Morgan fingerprint density at radius 2 is 2.11 bits per heavy atom. The highest BCUT2D eigenvalue weighted by atomic mass is 19.1. The SMILES string of the molecule is Cc1c(OCCN(C)CCCF)ncc(F)c1[C@@H]1c2[nH]c3ccc(F)cc3c2C[C@@H](C)N1CC(C)C(=O)O. The number of aliphatic carboxylic acids is 1. The maximum Gasteiger partial charge on any atom is 0.307 e. The molecule has 1 unspecified atom stereocenters. The summed E-state index contributed by atoms with van der Waals surface area (Å²) in [5.41, 5.74) is 3.20. The van der Waals surface area contributed by atoms with E-state index < -0.39 is 23.7 Å². The highest BCUT2D eigenvalue weighted by Crippen LogP contribution is 2.44. The fourth-order valence-electron chi connectivity index (χ4n) is 5.31. The molecule has 7 nitrogen and oxygen atoms in total. The Labute approximate surface area is 220 Å². The van der Waals surface area contributed by atoms with Crippen LogP contribution in [0.5, 0.6) is 5.88 Å². The quantitative estimate of drug-likeness (QED) is 0.367. The van der Waals surface area contributed by atoms with Crippen molar-refractivity contribution >= 4 is 16.9 Å². The van der Waals surface area contributed by atoms with E-state index in [1.54, 1.807) is 19.9 Å². The van der Waals surface area contributed by atoms with Crippen LogP contribution >= 0.6 is 0 Å². The lowest BCUT2D eigenvalue weighted by molar-refractivity contribution is -0.142. The van der Waals surface area contributed by atoms with Crippen LogP contribution in [0.15, 0.2) is 24.4 Å². The Morgan fingerprint density at radius 1 is 1.34 bits per heavy atom. The summed E-state index contributed by atoms with van der Waals surface area (Å²) in [5, 5.41) is 10.4. The average Bonchev–Trinajstić information content (AvgIpc) is 3.22. The first-order valence-corrected chi connectivity index (χ1v) is 12.9. The molecule has 10 heteroatoms. The van der Waals surface area contributed by atoms with Gasteiger partial charge in [0.05, 0.1) is 24.8 Å². The second-order valence-electron chi connectivity index (χ2n) is 10.2. The highest BCUT2D eigenvalue weighted by molar-refractivity contribution is 5.85. The van der Waals surface area contributed by atoms with Crippen LogP contribution in [0.2, 0.25) is 0 Å². The standard InChI is InChI=1S/C28H35F3N4O3/c1-16(28(36)37)15-35-17(2)12-21-20-13-19(30)6-7-23(20)33-25(21)26(35)24-18(3)27(32-14-22(24)31)38-11-10-34(4)9-5-8-29/h6-7,13-14,16-17,26,33H,5,8-12,15H2,1-4H3,(H,36,37)/t16?,17-,26-/m1/s1. The molecular weight excluding hydrogens is 497 g/mol. The summed E-state index contributed by atoms with van der Waals surface area (Å²) >= 11 is 0. The van der Waals surface area contributed by atoms with E-state index in [1.807, 2.05) is 23.8 Å². The second kappa shape index (κ2) is 11.7. The minimum absolute atomic E-state index is 0.142. The molecule has 4 rings (SSSR count). The third kappa shape index (κ3) is 5.66. The summed E-state index contributed by atoms with van der Waals surface area (Å²) < 4.78 is 48.2. The van der Waals surface area contributed by atoms with Gasteiger partial charge in [0.2, 0.25) is 5.88 Å². The number of carboxylic acids is 1. The number of nitrogens with one attached hydrogen (secondary N) is 1. The number of rotatable bonds is 11. The van der Waals surface area contributed by atoms with Crippen molar-refractivity contribution in [3.63, 3.8) is 0 Å². The average molecular weight is 533 g/mol. The number of carbonyl (C=O) groups is 1. The number of ether oxygens (including phenoxy) is 1. The van der Waals surface area contributed by atoms with Gasteiger partial charge in [0, 0.05) is 53.4 Å². The van der Waals surface area contributed by atoms with E-state index in [0.29, 0.717) is 49.4 Å². The van der Waals surface area contributed by atoms with Gasteiger partial charge >= 0.3 is 5.97 Å². The molecule has 0 fully saturated rings. The zero-order valence-corrected chi connectivity index (χ0v) is 22.2. The fraction of sp³-hybridized carbons (Fsp3) is 0.500. The van der Waals surface area contributed by atoms with Crippen molar-refractivity contribution in [2.75, 3.05) is 40.0 Å². The molecule has 0 bridgehead atoms. The van der Waals surface area contributed by atoms with Gasteiger partial charge in [-0.05, 0) is 57.5 Å². The van der Waals surface area contributed by atoms with Crippen LogP contribution in [0.3, 0.4) is 0 Å². The van der Waals surface area contributed by atoms with Gasteiger partial charge < -0.3 is 19.7 Å². The van der Waals surface area contributed by atoms with Gasteiger partial charge in [-0.3, -0.25) is 14.1 Å². The minimum Gasteiger partial charge on any atom is -0.481 e. The predicted octanol–water partition coefficient (Wildman–Crippen LogP) is 4.88. The van der Waals surface area contributed by atoms with Crippen molar-refractivity contribution in [2.45, 2.75) is 45.7 Å². The number of halogens is 3. The van der Waals surface area contributed by atoms with Crippen molar-refractivity contribution < 1.29 is 27.8 Å². The van der Waals surface area contributed by atoms with Gasteiger partial charge in [0.25, 0.3) is 0 Å². The van der Waals surface area contributed by atoms with Crippen LogP contribution < -0.4 is 4.74 Å². The van der Waals surface area contributed by atoms with Gasteiger partial charge in [0.15, 0.2) is 0 Å². The van der Waals surface area contributed by atoms with Crippen LogP contribution in [-0.4, -0.2) is 76.8 Å². The molecule has 1 aliphatic heterocycles. The van der Waals surface area contributed by atoms with E-state index >= 15 is 4.39 Å². The number of benzene rings is 1. The largest absolute Gasteiger partial charge is 0.481 e. The molecule has 2 N–H and O–H groups in total. The van der Waals surface area contributed by atoms with Crippen LogP contribution in [0.25, 0.3) is 10.9 Å². The van der Waals surface area contributed by atoms with Crippen LogP contribution in [0, 0.1) is 24.5 Å².